The molecular weight excluding hydrogens is 311 g/mol. The van der Waals surface area contributed by atoms with Crippen molar-refractivity contribution in [3.8, 4) is 23.5 Å². The zero-order valence-electron chi connectivity index (χ0n) is 12.8. The molecule has 0 atom stereocenters. The molecule has 0 bridgehead atoms. The Balaban J connectivity index is 1.95. The van der Waals surface area contributed by atoms with Crippen LogP contribution in [0.4, 0.5) is 10.2 Å². The molecule has 8 heteroatoms. The van der Waals surface area contributed by atoms with E-state index in [1.807, 2.05) is 13.0 Å². The molecule has 120 valence electrons. The summed E-state index contributed by atoms with van der Waals surface area (Å²) in [4.78, 5) is 8.12. The van der Waals surface area contributed by atoms with Gasteiger partial charge in [0, 0.05) is 6.07 Å². The number of nitriles is 1. The number of hydrogen-bond donors (Lipinski definition) is 1. The zero-order valence-corrected chi connectivity index (χ0v) is 12.8. The highest BCUT2D eigenvalue weighted by molar-refractivity contribution is 5.55. The van der Waals surface area contributed by atoms with Crippen LogP contribution in [0.2, 0.25) is 0 Å². The third-order valence-electron chi connectivity index (χ3n) is 3.32. The van der Waals surface area contributed by atoms with Gasteiger partial charge in [0.15, 0.2) is 5.82 Å². The fraction of sp³-hybridized carbons (Fsp3) is 0.125. The molecule has 2 N–H and O–H groups in total. The van der Waals surface area contributed by atoms with E-state index in [1.54, 1.807) is 0 Å². The highest BCUT2D eigenvalue weighted by Crippen LogP contribution is 2.23. The zero-order chi connectivity index (χ0) is 17.1. The summed E-state index contributed by atoms with van der Waals surface area (Å²) in [5.41, 5.74) is 6.90. The van der Waals surface area contributed by atoms with Crippen LogP contribution in [-0.2, 0) is 6.42 Å². The van der Waals surface area contributed by atoms with Crippen LogP contribution >= 0.6 is 0 Å². The van der Waals surface area contributed by atoms with E-state index in [-0.39, 0.29) is 17.5 Å². The number of nitrogens with two attached hydrogens (primary N) is 1. The third kappa shape index (κ3) is 2.87. The minimum absolute atomic E-state index is 0.209. The second kappa shape index (κ2) is 6.34. The van der Waals surface area contributed by atoms with Crippen molar-refractivity contribution in [2.45, 2.75) is 13.3 Å². The first kappa shape index (κ1) is 15.4. The molecule has 0 aliphatic carbocycles. The minimum atomic E-state index is -0.355. The number of nitrogen functional groups attached to an aromatic ring is 1. The monoisotopic (exact) mass is 324 g/mol. The maximum atomic E-state index is 12.9. The van der Waals surface area contributed by atoms with Crippen molar-refractivity contribution in [2.24, 2.45) is 0 Å². The van der Waals surface area contributed by atoms with Crippen LogP contribution in [0.5, 0.6) is 11.6 Å². The number of benzene rings is 1. The summed E-state index contributed by atoms with van der Waals surface area (Å²) in [6, 6.07) is 9.13. The fourth-order valence-corrected chi connectivity index (χ4v) is 2.15. The molecular formula is C16H13FN6O. The van der Waals surface area contributed by atoms with E-state index in [2.05, 4.69) is 15.1 Å². The van der Waals surface area contributed by atoms with Gasteiger partial charge >= 0.3 is 0 Å². The highest BCUT2D eigenvalue weighted by atomic mass is 19.1. The Bertz CT molecular complexity index is 913. The third-order valence-corrected chi connectivity index (χ3v) is 3.32. The van der Waals surface area contributed by atoms with Crippen LogP contribution in [0.1, 0.15) is 18.2 Å². The largest absolute Gasteiger partial charge is 0.439 e. The van der Waals surface area contributed by atoms with Crippen molar-refractivity contribution in [2.75, 3.05) is 5.73 Å². The Morgan fingerprint density at radius 3 is 2.67 bits per heavy atom. The molecule has 3 rings (SSSR count). The number of aryl methyl sites for hydroxylation is 1. The van der Waals surface area contributed by atoms with E-state index in [4.69, 9.17) is 10.5 Å². The van der Waals surface area contributed by atoms with E-state index < -0.39 is 0 Å². The molecule has 0 saturated carbocycles. The Morgan fingerprint density at radius 1 is 1.29 bits per heavy atom. The predicted octanol–water partition coefficient (Wildman–Crippen LogP) is 2.61. The molecule has 1 aromatic carbocycles. The van der Waals surface area contributed by atoms with Gasteiger partial charge in [0.05, 0.1) is 5.69 Å². The molecule has 0 aliphatic heterocycles. The normalized spacial score (nSPS) is 10.4. The fourth-order valence-electron chi connectivity index (χ4n) is 2.15. The van der Waals surface area contributed by atoms with Crippen LogP contribution in [-0.4, -0.2) is 19.7 Å². The molecule has 0 aliphatic rings. The van der Waals surface area contributed by atoms with Crippen molar-refractivity contribution >= 4 is 5.82 Å². The van der Waals surface area contributed by atoms with Gasteiger partial charge < -0.3 is 10.5 Å². The van der Waals surface area contributed by atoms with Gasteiger partial charge in [0.2, 0.25) is 5.88 Å². The molecule has 7 nitrogen and oxygen atoms in total. The average molecular weight is 324 g/mol. The standard InChI is InChI=1S/C16H13FN6O/c1-2-13-12(8-18)16(19)23(22-13)14-7-15(21-9-20-14)24-11-5-3-10(17)4-6-11/h3-7,9H,2,19H2,1H3. The second-order valence-corrected chi connectivity index (χ2v) is 4.85. The van der Waals surface area contributed by atoms with Gasteiger partial charge in [-0.1, -0.05) is 6.92 Å². The lowest BCUT2D eigenvalue weighted by Gasteiger charge is -2.07. The maximum absolute atomic E-state index is 12.9. The Hall–Kier alpha value is -3.47. The Labute approximate surface area is 137 Å². The number of aromatic nitrogens is 4. The lowest BCUT2D eigenvalue weighted by molar-refractivity contribution is 0.459. The second-order valence-electron chi connectivity index (χ2n) is 4.85. The first-order chi connectivity index (χ1) is 11.6. The van der Waals surface area contributed by atoms with Crippen LogP contribution in [0.3, 0.4) is 0 Å². The van der Waals surface area contributed by atoms with Crippen molar-refractivity contribution in [3.63, 3.8) is 0 Å². The van der Waals surface area contributed by atoms with Crippen molar-refractivity contribution in [1.29, 1.82) is 5.26 Å². The molecule has 0 spiro atoms. The van der Waals surface area contributed by atoms with Crippen LogP contribution in [0.15, 0.2) is 36.7 Å². The first-order valence-corrected chi connectivity index (χ1v) is 7.15. The van der Waals surface area contributed by atoms with Crippen LogP contribution in [0, 0.1) is 17.1 Å². The maximum Gasteiger partial charge on any atom is 0.224 e. The van der Waals surface area contributed by atoms with E-state index in [0.717, 1.165) is 0 Å². The minimum Gasteiger partial charge on any atom is -0.439 e. The molecule has 2 heterocycles. The summed E-state index contributed by atoms with van der Waals surface area (Å²) in [7, 11) is 0. The van der Waals surface area contributed by atoms with Crippen molar-refractivity contribution in [1.82, 2.24) is 19.7 Å². The number of nitrogens with zero attached hydrogens (tertiary/aromatic N) is 5. The van der Waals surface area contributed by atoms with E-state index in [0.29, 0.717) is 29.2 Å². The van der Waals surface area contributed by atoms with Crippen molar-refractivity contribution in [3.05, 3.63) is 53.7 Å². The summed E-state index contributed by atoms with van der Waals surface area (Å²) >= 11 is 0. The van der Waals surface area contributed by atoms with Gasteiger partial charge in [-0.3, -0.25) is 0 Å². The molecule has 24 heavy (non-hydrogen) atoms. The summed E-state index contributed by atoms with van der Waals surface area (Å²) in [5.74, 6) is 0.905. The van der Waals surface area contributed by atoms with Gasteiger partial charge in [0.25, 0.3) is 0 Å². The van der Waals surface area contributed by atoms with E-state index >= 15 is 0 Å². The number of hydrogen-bond acceptors (Lipinski definition) is 6. The first-order valence-electron chi connectivity index (χ1n) is 7.15. The van der Waals surface area contributed by atoms with Gasteiger partial charge in [-0.05, 0) is 30.7 Å². The van der Waals surface area contributed by atoms with E-state index in [1.165, 1.54) is 41.3 Å². The summed E-state index contributed by atoms with van der Waals surface area (Å²) in [6.45, 7) is 1.88. The summed E-state index contributed by atoms with van der Waals surface area (Å²) in [5, 5.41) is 13.5. The molecule has 0 amide bonds. The Morgan fingerprint density at radius 2 is 2.04 bits per heavy atom. The quantitative estimate of drug-likeness (QED) is 0.791. The molecule has 2 aromatic heterocycles. The molecule has 0 radical (unpaired) electrons. The highest BCUT2D eigenvalue weighted by Gasteiger charge is 2.16. The van der Waals surface area contributed by atoms with Crippen LogP contribution < -0.4 is 10.5 Å². The molecule has 0 saturated heterocycles. The number of halogens is 1. The van der Waals surface area contributed by atoms with Gasteiger partial charge in [-0.15, -0.1) is 0 Å². The number of rotatable bonds is 4. The van der Waals surface area contributed by atoms with Gasteiger partial charge in [-0.25, -0.2) is 14.4 Å². The predicted molar refractivity (Wildman–Crippen MR) is 84.1 cm³/mol. The lowest BCUT2D eigenvalue weighted by atomic mass is 10.2. The topological polar surface area (TPSA) is 103 Å². The lowest BCUT2D eigenvalue weighted by Crippen LogP contribution is -2.05. The summed E-state index contributed by atoms with van der Waals surface area (Å²) < 4.78 is 19.9. The molecule has 0 fully saturated rings. The smallest absolute Gasteiger partial charge is 0.224 e. The number of anilines is 1. The summed E-state index contributed by atoms with van der Waals surface area (Å²) in [6.07, 6.45) is 1.87. The SMILES string of the molecule is CCc1nn(-c2cc(Oc3ccc(F)cc3)ncn2)c(N)c1C#N. The van der Waals surface area contributed by atoms with Crippen molar-refractivity contribution < 1.29 is 9.13 Å². The average Bonchev–Trinajstić information content (AvgIpc) is 2.93. The van der Waals surface area contributed by atoms with Crippen LogP contribution in [0.25, 0.3) is 5.82 Å². The molecule has 0 unspecified atom stereocenters. The number of ether oxygens (including phenoxy) is 1. The van der Waals surface area contributed by atoms with Gasteiger partial charge in [0.1, 0.15) is 35.3 Å². The molecule has 3 aromatic rings. The van der Waals surface area contributed by atoms with E-state index in [9.17, 15) is 9.65 Å². The van der Waals surface area contributed by atoms with Gasteiger partial charge in [-0.2, -0.15) is 15.0 Å². The Kier molecular flexibility index (Phi) is 4.07.